The minimum Gasteiger partial charge on any atom is -0.349 e. The van der Waals surface area contributed by atoms with Crippen molar-refractivity contribution in [1.82, 2.24) is 9.88 Å². The fourth-order valence-electron chi connectivity index (χ4n) is 2.37. The SMILES string of the molecule is Fc1cccc(Cc2cc3n(c2)CCNC3)c1. The van der Waals surface area contributed by atoms with E-state index in [2.05, 4.69) is 22.1 Å². The molecule has 17 heavy (non-hydrogen) atoms. The maximum absolute atomic E-state index is 13.1. The number of rotatable bonds is 2. The van der Waals surface area contributed by atoms with E-state index in [1.165, 1.54) is 17.3 Å². The van der Waals surface area contributed by atoms with Crippen LogP contribution in [0.2, 0.25) is 0 Å². The summed E-state index contributed by atoms with van der Waals surface area (Å²) in [7, 11) is 0. The number of fused-ring (bicyclic) bond motifs is 1. The van der Waals surface area contributed by atoms with Crippen molar-refractivity contribution in [1.29, 1.82) is 0 Å². The highest BCUT2D eigenvalue weighted by atomic mass is 19.1. The van der Waals surface area contributed by atoms with Gasteiger partial charge in [0.25, 0.3) is 0 Å². The van der Waals surface area contributed by atoms with Gasteiger partial charge in [0.15, 0.2) is 0 Å². The summed E-state index contributed by atoms with van der Waals surface area (Å²) in [5, 5.41) is 3.35. The maximum atomic E-state index is 13.1. The zero-order valence-electron chi connectivity index (χ0n) is 9.62. The van der Waals surface area contributed by atoms with Gasteiger partial charge >= 0.3 is 0 Å². The molecular formula is C14H15FN2. The van der Waals surface area contributed by atoms with Crippen molar-refractivity contribution < 1.29 is 4.39 Å². The third kappa shape index (κ3) is 2.24. The largest absolute Gasteiger partial charge is 0.349 e. The molecule has 0 amide bonds. The average Bonchev–Trinajstić information content (AvgIpc) is 2.71. The highest BCUT2D eigenvalue weighted by molar-refractivity contribution is 5.28. The fourth-order valence-corrected chi connectivity index (χ4v) is 2.37. The zero-order valence-corrected chi connectivity index (χ0v) is 9.62. The Morgan fingerprint density at radius 3 is 3.00 bits per heavy atom. The van der Waals surface area contributed by atoms with E-state index in [1.54, 1.807) is 12.1 Å². The van der Waals surface area contributed by atoms with Crippen LogP contribution in [0.1, 0.15) is 16.8 Å². The van der Waals surface area contributed by atoms with Gasteiger partial charge in [-0.25, -0.2) is 4.39 Å². The summed E-state index contributed by atoms with van der Waals surface area (Å²) in [6.45, 7) is 2.99. The van der Waals surface area contributed by atoms with Crippen molar-refractivity contribution >= 4 is 0 Å². The first-order valence-electron chi connectivity index (χ1n) is 5.94. The summed E-state index contributed by atoms with van der Waals surface area (Å²) in [5.41, 5.74) is 3.61. The summed E-state index contributed by atoms with van der Waals surface area (Å²) in [4.78, 5) is 0. The van der Waals surface area contributed by atoms with E-state index in [1.807, 2.05) is 6.07 Å². The predicted molar refractivity (Wildman–Crippen MR) is 65.3 cm³/mol. The van der Waals surface area contributed by atoms with Gasteiger partial charge < -0.3 is 9.88 Å². The van der Waals surface area contributed by atoms with Crippen LogP contribution in [0.3, 0.4) is 0 Å². The van der Waals surface area contributed by atoms with Crippen molar-refractivity contribution in [3.63, 3.8) is 0 Å². The van der Waals surface area contributed by atoms with Gasteiger partial charge in [-0.3, -0.25) is 0 Å². The summed E-state index contributed by atoms with van der Waals surface area (Å²) >= 11 is 0. The van der Waals surface area contributed by atoms with Crippen LogP contribution >= 0.6 is 0 Å². The quantitative estimate of drug-likeness (QED) is 0.837. The van der Waals surface area contributed by atoms with Gasteiger partial charge in [0.05, 0.1) is 0 Å². The van der Waals surface area contributed by atoms with E-state index in [0.29, 0.717) is 0 Å². The van der Waals surface area contributed by atoms with Gasteiger partial charge in [0.1, 0.15) is 5.82 Å². The number of nitrogens with zero attached hydrogens (tertiary/aromatic N) is 1. The van der Waals surface area contributed by atoms with Gasteiger partial charge in [-0.1, -0.05) is 12.1 Å². The Labute approximate surface area is 100 Å². The Morgan fingerprint density at radius 2 is 2.18 bits per heavy atom. The molecule has 2 heterocycles. The normalized spacial score (nSPS) is 14.6. The van der Waals surface area contributed by atoms with Crippen molar-refractivity contribution in [2.45, 2.75) is 19.5 Å². The Hall–Kier alpha value is -1.61. The molecule has 0 aliphatic carbocycles. The molecule has 0 bridgehead atoms. The van der Waals surface area contributed by atoms with Crippen molar-refractivity contribution in [3.05, 3.63) is 59.2 Å². The summed E-state index contributed by atoms with van der Waals surface area (Å²) in [5.74, 6) is -0.159. The number of halogens is 1. The zero-order chi connectivity index (χ0) is 11.7. The fraction of sp³-hybridized carbons (Fsp3) is 0.286. The Morgan fingerprint density at radius 1 is 1.24 bits per heavy atom. The second-order valence-corrected chi connectivity index (χ2v) is 4.52. The first kappa shape index (κ1) is 10.5. The molecule has 1 aliphatic rings. The second-order valence-electron chi connectivity index (χ2n) is 4.52. The second kappa shape index (κ2) is 4.34. The number of benzene rings is 1. The maximum Gasteiger partial charge on any atom is 0.123 e. The van der Waals surface area contributed by atoms with Crippen molar-refractivity contribution in [3.8, 4) is 0 Å². The molecule has 0 spiro atoms. The Kier molecular flexibility index (Phi) is 2.69. The van der Waals surface area contributed by atoms with Crippen LogP contribution < -0.4 is 5.32 Å². The molecule has 0 saturated carbocycles. The van der Waals surface area contributed by atoms with Crippen LogP contribution in [-0.4, -0.2) is 11.1 Å². The predicted octanol–water partition coefficient (Wildman–Crippen LogP) is 2.32. The van der Waals surface area contributed by atoms with E-state index in [-0.39, 0.29) is 5.82 Å². The number of hydrogen-bond donors (Lipinski definition) is 1. The molecule has 1 aliphatic heterocycles. The number of aromatic nitrogens is 1. The summed E-state index contributed by atoms with van der Waals surface area (Å²) in [6, 6.07) is 9.03. The van der Waals surface area contributed by atoms with Crippen LogP contribution in [0.5, 0.6) is 0 Å². The molecule has 0 atom stereocenters. The molecule has 1 N–H and O–H groups in total. The van der Waals surface area contributed by atoms with E-state index in [4.69, 9.17) is 0 Å². The summed E-state index contributed by atoms with van der Waals surface area (Å²) in [6.07, 6.45) is 2.98. The lowest BCUT2D eigenvalue weighted by Crippen LogP contribution is -2.27. The third-order valence-electron chi connectivity index (χ3n) is 3.18. The molecule has 0 fully saturated rings. The standard InChI is InChI=1S/C14H15FN2/c15-13-3-1-2-11(7-13)6-12-8-14-9-16-4-5-17(14)10-12/h1-3,7-8,10,16H,4-6,9H2. The summed E-state index contributed by atoms with van der Waals surface area (Å²) < 4.78 is 15.4. The molecule has 3 heteroatoms. The van der Waals surface area contributed by atoms with Gasteiger partial charge in [-0.05, 0) is 35.7 Å². The van der Waals surface area contributed by atoms with Crippen LogP contribution in [-0.2, 0) is 19.5 Å². The first-order valence-corrected chi connectivity index (χ1v) is 5.94. The number of nitrogens with one attached hydrogen (secondary N) is 1. The van der Waals surface area contributed by atoms with Gasteiger partial charge in [-0.15, -0.1) is 0 Å². The first-order chi connectivity index (χ1) is 8.31. The van der Waals surface area contributed by atoms with Crippen LogP contribution in [0.25, 0.3) is 0 Å². The molecule has 2 aromatic rings. The lowest BCUT2D eigenvalue weighted by atomic mass is 10.1. The van der Waals surface area contributed by atoms with Gasteiger partial charge in [-0.2, -0.15) is 0 Å². The van der Waals surface area contributed by atoms with Crippen LogP contribution in [0.15, 0.2) is 36.5 Å². The molecule has 88 valence electrons. The monoisotopic (exact) mass is 230 g/mol. The van der Waals surface area contributed by atoms with E-state index < -0.39 is 0 Å². The molecule has 0 radical (unpaired) electrons. The van der Waals surface area contributed by atoms with E-state index >= 15 is 0 Å². The number of hydrogen-bond acceptors (Lipinski definition) is 1. The molecule has 1 aromatic heterocycles. The van der Waals surface area contributed by atoms with Crippen molar-refractivity contribution in [2.24, 2.45) is 0 Å². The highest BCUT2D eigenvalue weighted by Crippen LogP contribution is 2.16. The molecule has 2 nitrogen and oxygen atoms in total. The lowest BCUT2D eigenvalue weighted by molar-refractivity contribution is 0.516. The Balaban J connectivity index is 1.83. The van der Waals surface area contributed by atoms with E-state index in [9.17, 15) is 4.39 Å². The highest BCUT2D eigenvalue weighted by Gasteiger charge is 2.10. The molecule has 0 saturated heterocycles. The topological polar surface area (TPSA) is 17.0 Å². The van der Waals surface area contributed by atoms with Gasteiger partial charge in [0, 0.05) is 31.5 Å². The smallest absolute Gasteiger partial charge is 0.123 e. The average molecular weight is 230 g/mol. The van der Waals surface area contributed by atoms with Crippen LogP contribution in [0, 0.1) is 5.82 Å². The molecule has 0 unspecified atom stereocenters. The molecule has 3 rings (SSSR count). The minimum atomic E-state index is -0.159. The molecule has 1 aromatic carbocycles. The van der Waals surface area contributed by atoms with E-state index in [0.717, 1.165) is 31.6 Å². The van der Waals surface area contributed by atoms with Crippen molar-refractivity contribution in [2.75, 3.05) is 6.54 Å². The third-order valence-corrected chi connectivity index (χ3v) is 3.18. The molecular weight excluding hydrogens is 215 g/mol. The van der Waals surface area contributed by atoms with Crippen LogP contribution in [0.4, 0.5) is 4.39 Å². The van der Waals surface area contributed by atoms with Gasteiger partial charge in [0.2, 0.25) is 0 Å². The minimum absolute atomic E-state index is 0.159. The lowest BCUT2D eigenvalue weighted by Gasteiger charge is -2.15. The Bertz CT molecular complexity index is 507.